The first kappa shape index (κ1) is 19.4. The van der Waals surface area contributed by atoms with Gasteiger partial charge >= 0.3 is 0 Å². The van der Waals surface area contributed by atoms with Gasteiger partial charge in [-0.15, -0.1) is 0 Å². The van der Waals surface area contributed by atoms with Crippen molar-refractivity contribution in [3.63, 3.8) is 0 Å². The molecule has 1 aromatic heterocycles. The molecule has 2 N–H and O–H groups in total. The quantitative estimate of drug-likeness (QED) is 0.586. The van der Waals surface area contributed by atoms with Gasteiger partial charge in [-0.2, -0.15) is 0 Å². The Hall–Kier alpha value is -2.88. The highest BCUT2D eigenvalue weighted by atomic mass is 16.1. The lowest BCUT2D eigenvalue weighted by atomic mass is 9.95. The summed E-state index contributed by atoms with van der Waals surface area (Å²) in [6.45, 7) is 9.26. The van der Waals surface area contributed by atoms with Crippen LogP contribution in [0.3, 0.4) is 0 Å². The van der Waals surface area contributed by atoms with Crippen molar-refractivity contribution in [3.8, 4) is 0 Å². The topological polar surface area (TPSA) is 54.0 Å². The predicted molar refractivity (Wildman–Crippen MR) is 120 cm³/mol. The zero-order valence-corrected chi connectivity index (χ0v) is 17.7. The van der Waals surface area contributed by atoms with E-state index >= 15 is 0 Å². The van der Waals surface area contributed by atoms with Gasteiger partial charge in [0.15, 0.2) is 0 Å². The van der Waals surface area contributed by atoms with E-state index in [0.29, 0.717) is 11.0 Å². The summed E-state index contributed by atoms with van der Waals surface area (Å²) in [6, 6.07) is 14.4. The zero-order valence-electron chi connectivity index (χ0n) is 17.7. The van der Waals surface area contributed by atoms with Crippen molar-refractivity contribution in [2.75, 3.05) is 11.9 Å². The minimum atomic E-state index is -0.162. The van der Waals surface area contributed by atoms with E-state index in [-0.39, 0.29) is 11.9 Å². The minimum absolute atomic E-state index is 0.0761. The summed E-state index contributed by atoms with van der Waals surface area (Å²) in [7, 11) is 0. The number of anilines is 1. The molecule has 1 heterocycles. The number of aryl methyl sites for hydroxylation is 1. The van der Waals surface area contributed by atoms with E-state index in [0.717, 1.165) is 28.9 Å². The number of carbonyl (C=O) groups is 1. The zero-order chi connectivity index (χ0) is 20.6. The van der Waals surface area contributed by atoms with Crippen LogP contribution in [0.2, 0.25) is 0 Å². The molecule has 1 aliphatic rings. The van der Waals surface area contributed by atoms with E-state index in [1.54, 1.807) is 0 Å². The maximum Gasteiger partial charge on any atom is 0.251 e. The van der Waals surface area contributed by atoms with Gasteiger partial charge in [0.05, 0.1) is 23.6 Å². The molecule has 1 fully saturated rings. The van der Waals surface area contributed by atoms with E-state index in [1.807, 2.05) is 31.3 Å². The van der Waals surface area contributed by atoms with Crippen LogP contribution in [0.4, 0.5) is 5.69 Å². The van der Waals surface area contributed by atoms with Crippen molar-refractivity contribution in [2.45, 2.75) is 52.0 Å². The van der Waals surface area contributed by atoms with Crippen molar-refractivity contribution < 1.29 is 4.79 Å². The Morgan fingerprint density at radius 1 is 1.14 bits per heavy atom. The van der Waals surface area contributed by atoms with Gasteiger partial charge in [-0.25, -0.2) is 0 Å². The molecule has 150 valence electrons. The van der Waals surface area contributed by atoms with Gasteiger partial charge in [-0.3, -0.25) is 9.78 Å². The third-order valence-corrected chi connectivity index (χ3v) is 6.09. The summed E-state index contributed by atoms with van der Waals surface area (Å²) >= 11 is 0. The predicted octanol–water partition coefficient (Wildman–Crippen LogP) is 5.52. The second-order valence-corrected chi connectivity index (χ2v) is 8.49. The highest BCUT2D eigenvalue weighted by Gasteiger charge is 2.38. The van der Waals surface area contributed by atoms with Gasteiger partial charge < -0.3 is 10.6 Å². The Morgan fingerprint density at radius 2 is 1.86 bits per heavy atom. The summed E-state index contributed by atoms with van der Waals surface area (Å²) in [5.41, 5.74) is 5.45. The molecule has 1 aliphatic carbocycles. The first-order valence-electron chi connectivity index (χ1n) is 10.5. The second kappa shape index (κ2) is 7.51. The molecular formula is C25H29N3O. The van der Waals surface area contributed by atoms with E-state index in [2.05, 4.69) is 60.7 Å². The number of carbonyl (C=O) groups excluding carboxylic acids is 1. The summed E-state index contributed by atoms with van der Waals surface area (Å²) in [4.78, 5) is 17.3. The molecule has 29 heavy (non-hydrogen) atoms. The summed E-state index contributed by atoms with van der Waals surface area (Å²) in [5.74, 6) is -0.0761. The Balaban J connectivity index is 1.50. The van der Waals surface area contributed by atoms with Crippen LogP contribution in [-0.2, 0) is 5.41 Å². The Morgan fingerprint density at radius 3 is 2.55 bits per heavy atom. The minimum Gasteiger partial charge on any atom is -0.384 e. The molecule has 3 aromatic rings. The second-order valence-electron chi connectivity index (χ2n) is 8.49. The van der Waals surface area contributed by atoms with Crippen molar-refractivity contribution >= 4 is 22.4 Å². The van der Waals surface area contributed by atoms with Gasteiger partial charge in [0.1, 0.15) is 0 Å². The molecule has 0 spiro atoms. The number of aromatic nitrogens is 1. The number of benzene rings is 2. The highest BCUT2D eigenvalue weighted by molar-refractivity contribution is 5.98. The fourth-order valence-electron chi connectivity index (χ4n) is 3.78. The molecule has 0 radical (unpaired) electrons. The first-order chi connectivity index (χ1) is 13.9. The van der Waals surface area contributed by atoms with Crippen LogP contribution in [-0.4, -0.2) is 17.4 Å². The number of nitrogens with zero attached hydrogens (tertiary/aromatic N) is 1. The van der Waals surface area contributed by atoms with E-state index in [4.69, 9.17) is 0 Å². The summed E-state index contributed by atoms with van der Waals surface area (Å²) in [5, 5.41) is 8.66. The van der Waals surface area contributed by atoms with Gasteiger partial charge in [0, 0.05) is 12.1 Å². The molecular weight excluding hydrogens is 358 g/mol. The molecule has 0 unspecified atom stereocenters. The van der Waals surface area contributed by atoms with Crippen LogP contribution in [0.25, 0.3) is 10.8 Å². The van der Waals surface area contributed by atoms with Crippen LogP contribution in [0.1, 0.15) is 66.8 Å². The van der Waals surface area contributed by atoms with Gasteiger partial charge in [0.2, 0.25) is 0 Å². The molecule has 1 atom stereocenters. The molecule has 2 aromatic carbocycles. The highest BCUT2D eigenvalue weighted by Crippen LogP contribution is 2.48. The molecule has 1 saturated carbocycles. The number of amides is 1. The third kappa shape index (κ3) is 3.98. The lowest BCUT2D eigenvalue weighted by Crippen LogP contribution is -2.27. The van der Waals surface area contributed by atoms with Gasteiger partial charge in [0.25, 0.3) is 5.91 Å². The van der Waals surface area contributed by atoms with Gasteiger partial charge in [-0.1, -0.05) is 31.2 Å². The smallest absolute Gasteiger partial charge is 0.251 e. The maximum absolute atomic E-state index is 12.8. The molecule has 0 saturated heterocycles. The van der Waals surface area contributed by atoms with Crippen molar-refractivity contribution in [1.82, 2.24) is 10.3 Å². The molecule has 4 rings (SSSR count). The largest absolute Gasteiger partial charge is 0.384 e. The lowest BCUT2D eigenvalue weighted by Gasteiger charge is -2.16. The van der Waals surface area contributed by atoms with Crippen LogP contribution < -0.4 is 10.6 Å². The Bertz CT molecular complexity index is 1070. The Labute approximate surface area is 172 Å². The number of hydrogen-bond donors (Lipinski definition) is 2. The number of rotatable bonds is 6. The Kier molecular flexibility index (Phi) is 5.03. The molecule has 4 heteroatoms. The maximum atomic E-state index is 12.8. The fourth-order valence-corrected chi connectivity index (χ4v) is 3.78. The molecule has 0 aliphatic heterocycles. The van der Waals surface area contributed by atoms with Crippen molar-refractivity contribution in [3.05, 3.63) is 71.0 Å². The van der Waals surface area contributed by atoms with Crippen LogP contribution in [0.15, 0.2) is 48.7 Å². The average molecular weight is 388 g/mol. The summed E-state index contributed by atoms with van der Waals surface area (Å²) < 4.78 is 0. The monoisotopic (exact) mass is 387 g/mol. The first-order valence-corrected chi connectivity index (χ1v) is 10.5. The average Bonchev–Trinajstić information content (AvgIpc) is 3.47. The van der Waals surface area contributed by atoms with E-state index < -0.39 is 0 Å². The van der Waals surface area contributed by atoms with Crippen molar-refractivity contribution in [2.24, 2.45) is 0 Å². The SMILES string of the molecule is CCNc1cnc([C@@H](C)NC(=O)c2ccc3cc(C4(C)CC4)ccc3c2)cc1C. The number of hydrogen-bond acceptors (Lipinski definition) is 3. The van der Waals surface area contributed by atoms with Gasteiger partial charge in [-0.05, 0) is 79.1 Å². The molecule has 0 bridgehead atoms. The molecule has 1 amide bonds. The fraction of sp³-hybridized carbons (Fsp3) is 0.360. The number of pyridine rings is 1. The normalized spacial score (nSPS) is 15.7. The standard InChI is InChI=1S/C25H29N3O/c1-5-26-23-15-27-22(12-16(23)2)17(3)28-24(29)20-7-6-19-14-21(25(4)10-11-25)9-8-18(19)13-20/h6-9,12-15,17,26H,5,10-11H2,1-4H3,(H,28,29)/t17-/m1/s1. The third-order valence-electron chi connectivity index (χ3n) is 6.09. The van der Waals surface area contributed by atoms with E-state index in [1.165, 1.54) is 23.8 Å². The van der Waals surface area contributed by atoms with Crippen molar-refractivity contribution in [1.29, 1.82) is 0 Å². The number of fused-ring (bicyclic) bond motifs is 1. The lowest BCUT2D eigenvalue weighted by molar-refractivity contribution is 0.0939. The van der Waals surface area contributed by atoms with Crippen LogP contribution in [0, 0.1) is 6.92 Å². The summed E-state index contributed by atoms with van der Waals surface area (Å²) in [6.07, 6.45) is 4.37. The van der Waals surface area contributed by atoms with Crippen LogP contribution in [0.5, 0.6) is 0 Å². The molecule has 4 nitrogen and oxygen atoms in total. The van der Waals surface area contributed by atoms with E-state index in [9.17, 15) is 4.79 Å². The van der Waals surface area contributed by atoms with Crippen LogP contribution >= 0.6 is 0 Å². The number of nitrogens with one attached hydrogen (secondary N) is 2.